The molecular formula is C8H11F2N3O. The molecule has 1 saturated heterocycles. The minimum atomic E-state index is -1.04. The summed E-state index contributed by atoms with van der Waals surface area (Å²) in [7, 11) is 0. The molecule has 2 heterocycles. The topological polar surface area (TPSA) is 52.1 Å². The number of aromatic nitrogens is 2. The zero-order valence-corrected chi connectivity index (χ0v) is 7.50. The van der Waals surface area contributed by atoms with Crippen LogP contribution < -0.4 is 4.90 Å². The molecule has 0 aromatic carbocycles. The number of rotatable bonds is 1. The summed E-state index contributed by atoms with van der Waals surface area (Å²) >= 11 is 0. The first-order valence-corrected chi connectivity index (χ1v) is 4.51. The number of H-pyrrole nitrogens is 1. The largest absolute Gasteiger partial charge is 0.393 e. The average molecular weight is 203 g/mol. The van der Waals surface area contributed by atoms with Gasteiger partial charge in [0.05, 0.1) is 6.10 Å². The predicted molar refractivity (Wildman–Crippen MR) is 46.0 cm³/mol. The summed E-state index contributed by atoms with van der Waals surface area (Å²) in [6, 6.07) is 0. The van der Waals surface area contributed by atoms with Gasteiger partial charge in [0.15, 0.2) is 5.82 Å². The highest BCUT2D eigenvalue weighted by atomic mass is 19.2. The number of aliphatic hydroxyl groups excluding tert-OH is 1. The summed E-state index contributed by atoms with van der Waals surface area (Å²) < 4.78 is 25.7. The van der Waals surface area contributed by atoms with E-state index in [4.69, 9.17) is 0 Å². The lowest BCUT2D eigenvalue weighted by molar-refractivity contribution is 0.145. The van der Waals surface area contributed by atoms with E-state index in [-0.39, 0.29) is 11.9 Å². The highest BCUT2D eigenvalue weighted by molar-refractivity contribution is 5.39. The molecule has 1 aliphatic heterocycles. The van der Waals surface area contributed by atoms with Crippen LogP contribution in [0.15, 0.2) is 0 Å². The number of hydrogen-bond donors (Lipinski definition) is 2. The Morgan fingerprint density at radius 3 is 2.50 bits per heavy atom. The van der Waals surface area contributed by atoms with E-state index in [1.807, 2.05) is 5.10 Å². The number of aliphatic hydroxyl groups is 1. The Morgan fingerprint density at radius 2 is 2.00 bits per heavy atom. The zero-order valence-electron chi connectivity index (χ0n) is 7.50. The lowest BCUT2D eigenvalue weighted by atomic mass is 10.1. The van der Waals surface area contributed by atoms with Gasteiger partial charge in [-0.25, -0.2) is 5.10 Å². The van der Waals surface area contributed by atoms with Crippen molar-refractivity contribution >= 4 is 5.82 Å². The Labute approximate surface area is 79.5 Å². The number of anilines is 1. The average Bonchev–Trinajstić information content (AvgIpc) is 2.50. The fourth-order valence-electron chi connectivity index (χ4n) is 1.59. The van der Waals surface area contributed by atoms with Crippen LogP contribution in [0.2, 0.25) is 0 Å². The fourth-order valence-corrected chi connectivity index (χ4v) is 1.59. The van der Waals surface area contributed by atoms with E-state index >= 15 is 0 Å². The third-order valence-corrected chi connectivity index (χ3v) is 2.41. The molecule has 1 aromatic heterocycles. The second kappa shape index (κ2) is 3.53. The van der Waals surface area contributed by atoms with Gasteiger partial charge in [0, 0.05) is 13.1 Å². The highest BCUT2D eigenvalue weighted by Crippen LogP contribution is 2.21. The molecule has 14 heavy (non-hydrogen) atoms. The lowest BCUT2D eigenvalue weighted by Crippen LogP contribution is -2.36. The van der Waals surface area contributed by atoms with Gasteiger partial charge in [0.2, 0.25) is 11.8 Å². The van der Waals surface area contributed by atoms with Crippen molar-refractivity contribution in [2.45, 2.75) is 18.9 Å². The van der Waals surface area contributed by atoms with E-state index in [0.29, 0.717) is 25.9 Å². The molecule has 0 unspecified atom stereocenters. The molecule has 1 fully saturated rings. The Hall–Kier alpha value is -1.17. The van der Waals surface area contributed by atoms with Crippen LogP contribution in [0.25, 0.3) is 0 Å². The fraction of sp³-hybridized carbons (Fsp3) is 0.625. The maximum absolute atomic E-state index is 13.1. The van der Waals surface area contributed by atoms with Gasteiger partial charge >= 0.3 is 0 Å². The van der Waals surface area contributed by atoms with Gasteiger partial charge in [-0.15, -0.1) is 0 Å². The highest BCUT2D eigenvalue weighted by Gasteiger charge is 2.23. The van der Waals surface area contributed by atoms with Crippen molar-refractivity contribution in [3.63, 3.8) is 0 Å². The molecule has 0 bridgehead atoms. The van der Waals surface area contributed by atoms with Crippen LogP contribution in [0.3, 0.4) is 0 Å². The minimum Gasteiger partial charge on any atom is -0.393 e. The number of piperidine rings is 1. The second-order valence-corrected chi connectivity index (χ2v) is 3.39. The van der Waals surface area contributed by atoms with Gasteiger partial charge < -0.3 is 10.0 Å². The van der Waals surface area contributed by atoms with E-state index in [9.17, 15) is 13.9 Å². The standard InChI is InChI=1S/C8H11F2N3O/c9-6-7(10)11-12-8(6)13-3-1-5(14)2-4-13/h5,14H,1-4H2,(H,11,12). The maximum atomic E-state index is 13.1. The van der Waals surface area contributed by atoms with Gasteiger partial charge in [-0.05, 0) is 12.8 Å². The normalized spacial score (nSPS) is 18.9. The Bertz CT molecular complexity index is 320. The summed E-state index contributed by atoms with van der Waals surface area (Å²) in [5, 5.41) is 14.7. The molecule has 1 aromatic rings. The van der Waals surface area contributed by atoms with Crippen molar-refractivity contribution in [1.82, 2.24) is 10.2 Å². The molecule has 4 nitrogen and oxygen atoms in total. The smallest absolute Gasteiger partial charge is 0.247 e. The van der Waals surface area contributed by atoms with Crippen LogP contribution in [0.4, 0.5) is 14.6 Å². The van der Waals surface area contributed by atoms with Crippen LogP contribution in [0, 0.1) is 11.8 Å². The molecule has 0 aliphatic carbocycles. The second-order valence-electron chi connectivity index (χ2n) is 3.39. The van der Waals surface area contributed by atoms with Crippen LogP contribution in [0.1, 0.15) is 12.8 Å². The molecule has 6 heteroatoms. The van der Waals surface area contributed by atoms with Crippen molar-refractivity contribution < 1.29 is 13.9 Å². The van der Waals surface area contributed by atoms with Gasteiger partial charge in [-0.2, -0.15) is 13.9 Å². The zero-order chi connectivity index (χ0) is 10.1. The third-order valence-electron chi connectivity index (χ3n) is 2.41. The molecular weight excluding hydrogens is 192 g/mol. The van der Waals surface area contributed by atoms with Crippen molar-refractivity contribution in [2.24, 2.45) is 0 Å². The van der Waals surface area contributed by atoms with Crippen LogP contribution in [-0.2, 0) is 0 Å². The monoisotopic (exact) mass is 203 g/mol. The van der Waals surface area contributed by atoms with Crippen molar-refractivity contribution in [1.29, 1.82) is 0 Å². The first kappa shape index (κ1) is 9.39. The Morgan fingerprint density at radius 1 is 1.36 bits per heavy atom. The lowest BCUT2D eigenvalue weighted by Gasteiger charge is -2.29. The summed E-state index contributed by atoms with van der Waals surface area (Å²) in [6.45, 7) is 1.00. The maximum Gasteiger partial charge on any atom is 0.247 e. The van der Waals surface area contributed by atoms with Gasteiger partial charge in [0.25, 0.3) is 0 Å². The molecule has 78 valence electrons. The number of aromatic amines is 1. The third kappa shape index (κ3) is 1.57. The van der Waals surface area contributed by atoms with E-state index in [0.717, 1.165) is 0 Å². The predicted octanol–water partition coefficient (Wildman–Crippen LogP) is 0.649. The molecule has 2 N–H and O–H groups in total. The molecule has 1 aliphatic rings. The summed E-state index contributed by atoms with van der Waals surface area (Å²) in [5.41, 5.74) is 0. The van der Waals surface area contributed by atoms with Crippen LogP contribution in [-0.4, -0.2) is 34.5 Å². The molecule has 2 rings (SSSR count). The van der Waals surface area contributed by atoms with Crippen molar-refractivity contribution in [3.05, 3.63) is 11.8 Å². The summed E-state index contributed by atoms with van der Waals surface area (Å²) in [5.74, 6) is -1.97. The molecule has 0 atom stereocenters. The molecule has 0 saturated carbocycles. The van der Waals surface area contributed by atoms with Crippen LogP contribution in [0.5, 0.6) is 0 Å². The van der Waals surface area contributed by atoms with Crippen LogP contribution >= 0.6 is 0 Å². The number of nitrogens with zero attached hydrogens (tertiary/aromatic N) is 2. The Kier molecular flexibility index (Phi) is 2.37. The molecule has 0 spiro atoms. The van der Waals surface area contributed by atoms with E-state index in [1.54, 1.807) is 4.90 Å². The summed E-state index contributed by atoms with van der Waals surface area (Å²) in [6.07, 6.45) is 0.792. The first-order chi connectivity index (χ1) is 6.68. The van der Waals surface area contributed by atoms with Crippen molar-refractivity contribution in [2.75, 3.05) is 18.0 Å². The van der Waals surface area contributed by atoms with E-state index in [1.165, 1.54) is 0 Å². The molecule has 0 amide bonds. The van der Waals surface area contributed by atoms with Gasteiger partial charge in [-0.3, -0.25) is 0 Å². The minimum absolute atomic E-state index is 0.00870. The number of halogens is 2. The van der Waals surface area contributed by atoms with E-state index < -0.39 is 11.8 Å². The quantitative estimate of drug-likeness (QED) is 0.704. The van der Waals surface area contributed by atoms with Gasteiger partial charge in [-0.1, -0.05) is 0 Å². The van der Waals surface area contributed by atoms with E-state index in [2.05, 4.69) is 5.10 Å². The van der Waals surface area contributed by atoms with Crippen molar-refractivity contribution in [3.8, 4) is 0 Å². The van der Waals surface area contributed by atoms with Gasteiger partial charge in [0.1, 0.15) is 0 Å². The number of nitrogens with one attached hydrogen (secondary N) is 1. The SMILES string of the molecule is OC1CCN(c2n[nH]c(F)c2F)CC1. The molecule has 0 radical (unpaired) electrons. The summed E-state index contributed by atoms with van der Waals surface area (Å²) in [4.78, 5) is 1.63. The Balaban J connectivity index is 2.12. The first-order valence-electron chi connectivity index (χ1n) is 4.51. The number of hydrogen-bond acceptors (Lipinski definition) is 3.